The van der Waals surface area contributed by atoms with Gasteiger partial charge in [0.1, 0.15) is 0 Å². The average Bonchev–Trinajstić information content (AvgIpc) is 2.99. The van der Waals surface area contributed by atoms with E-state index in [4.69, 9.17) is 0 Å². The maximum Gasteiger partial charge on any atom is 0.182 e. The van der Waals surface area contributed by atoms with Crippen molar-refractivity contribution in [3.8, 4) is 0 Å². The van der Waals surface area contributed by atoms with Gasteiger partial charge in [0.05, 0.1) is 21.9 Å². The Bertz CT molecular complexity index is 642. The molecule has 1 aliphatic rings. The molecule has 1 aromatic carbocycles. The molecule has 0 amide bonds. The smallest absolute Gasteiger partial charge is 0.182 e. The number of H-pyrrole nitrogens is 1. The monoisotopic (exact) mass is 251 g/mol. The summed E-state index contributed by atoms with van der Waals surface area (Å²) in [6.45, 7) is 1.32. The van der Waals surface area contributed by atoms with Gasteiger partial charge in [-0.1, -0.05) is 0 Å². The predicted octanol–water partition coefficient (Wildman–Crippen LogP) is 0.698. The summed E-state index contributed by atoms with van der Waals surface area (Å²) in [7, 11) is -3.21. The van der Waals surface area contributed by atoms with Crippen LogP contribution in [-0.4, -0.2) is 37.0 Å². The normalized spacial score (nSPS) is 21.1. The van der Waals surface area contributed by atoms with Gasteiger partial charge < -0.3 is 5.32 Å². The van der Waals surface area contributed by atoms with Crippen molar-refractivity contribution in [1.82, 2.24) is 15.5 Å². The van der Waals surface area contributed by atoms with E-state index in [0.29, 0.717) is 17.9 Å². The van der Waals surface area contributed by atoms with Crippen LogP contribution in [0.3, 0.4) is 0 Å². The van der Waals surface area contributed by atoms with Crippen LogP contribution in [0, 0.1) is 0 Å². The van der Waals surface area contributed by atoms with E-state index < -0.39 is 9.84 Å². The molecule has 1 aromatic heterocycles. The third-order valence-corrected chi connectivity index (χ3v) is 5.39. The number of benzene rings is 1. The number of nitrogens with zero attached hydrogens (tertiary/aromatic N) is 1. The fourth-order valence-corrected chi connectivity index (χ4v) is 3.88. The van der Waals surface area contributed by atoms with E-state index in [9.17, 15) is 8.42 Å². The van der Waals surface area contributed by atoms with E-state index in [1.807, 2.05) is 0 Å². The molecule has 2 heterocycles. The number of aromatic nitrogens is 2. The van der Waals surface area contributed by atoms with Gasteiger partial charge in [-0.05, 0) is 31.2 Å². The second kappa shape index (κ2) is 3.82. The summed E-state index contributed by atoms with van der Waals surface area (Å²) in [5, 5.41) is 10.3. The number of sulfone groups is 1. The summed E-state index contributed by atoms with van der Waals surface area (Å²) in [6.07, 6.45) is 2.33. The van der Waals surface area contributed by atoms with Crippen LogP contribution in [0.15, 0.2) is 29.3 Å². The molecule has 0 radical (unpaired) electrons. The van der Waals surface area contributed by atoms with Gasteiger partial charge in [0.25, 0.3) is 0 Å². The quantitative estimate of drug-likeness (QED) is 0.824. The van der Waals surface area contributed by atoms with Crippen LogP contribution in [-0.2, 0) is 9.84 Å². The Morgan fingerprint density at radius 1 is 1.35 bits per heavy atom. The van der Waals surface area contributed by atoms with Crippen LogP contribution in [0.25, 0.3) is 10.9 Å². The van der Waals surface area contributed by atoms with Crippen molar-refractivity contribution in [2.75, 3.05) is 13.1 Å². The molecule has 2 N–H and O–H groups in total. The highest BCUT2D eigenvalue weighted by Gasteiger charge is 2.30. The standard InChI is InChI=1S/C11H13N3O2S/c15-17(16,10-3-4-12-7-10)9-1-2-11-8(5-9)6-13-14-11/h1-2,5-6,10,12H,3-4,7H2,(H,13,14)/t10-/m1/s1. The molecule has 0 spiro atoms. The lowest BCUT2D eigenvalue weighted by atomic mass is 10.3. The number of rotatable bonds is 2. The van der Waals surface area contributed by atoms with Gasteiger partial charge in [0.2, 0.25) is 0 Å². The maximum absolute atomic E-state index is 12.3. The maximum atomic E-state index is 12.3. The lowest BCUT2D eigenvalue weighted by Gasteiger charge is -2.10. The molecule has 90 valence electrons. The van der Waals surface area contributed by atoms with Crippen molar-refractivity contribution >= 4 is 20.7 Å². The third kappa shape index (κ3) is 1.73. The van der Waals surface area contributed by atoms with E-state index in [0.717, 1.165) is 17.4 Å². The summed E-state index contributed by atoms with van der Waals surface area (Å²) in [5.74, 6) is 0. The van der Waals surface area contributed by atoms with E-state index >= 15 is 0 Å². The van der Waals surface area contributed by atoms with Crippen LogP contribution < -0.4 is 5.32 Å². The zero-order valence-electron chi connectivity index (χ0n) is 9.18. The summed E-state index contributed by atoms with van der Waals surface area (Å²) >= 11 is 0. The van der Waals surface area contributed by atoms with Gasteiger partial charge in [-0.15, -0.1) is 0 Å². The minimum absolute atomic E-state index is 0.299. The zero-order valence-corrected chi connectivity index (χ0v) is 10.00. The minimum atomic E-state index is -3.21. The lowest BCUT2D eigenvalue weighted by molar-refractivity contribution is 0.583. The van der Waals surface area contributed by atoms with Gasteiger partial charge in [0, 0.05) is 11.9 Å². The fourth-order valence-electron chi connectivity index (χ4n) is 2.18. The van der Waals surface area contributed by atoms with Crippen molar-refractivity contribution in [2.45, 2.75) is 16.6 Å². The predicted molar refractivity (Wildman–Crippen MR) is 64.6 cm³/mol. The van der Waals surface area contributed by atoms with Gasteiger partial charge in [-0.25, -0.2) is 8.42 Å². The van der Waals surface area contributed by atoms with Crippen molar-refractivity contribution in [3.63, 3.8) is 0 Å². The van der Waals surface area contributed by atoms with E-state index in [2.05, 4.69) is 15.5 Å². The van der Waals surface area contributed by atoms with E-state index in [-0.39, 0.29) is 5.25 Å². The minimum Gasteiger partial charge on any atom is -0.315 e. The Labute approximate surface area is 99.1 Å². The summed E-state index contributed by atoms with van der Waals surface area (Å²) in [6, 6.07) is 5.10. The average molecular weight is 251 g/mol. The van der Waals surface area contributed by atoms with Crippen LogP contribution in [0.2, 0.25) is 0 Å². The molecule has 6 heteroatoms. The van der Waals surface area contributed by atoms with E-state index in [1.54, 1.807) is 24.4 Å². The first-order valence-electron chi connectivity index (χ1n) is 5.56. The molecule has 0 saturated carbocycles. The first-order chi connectivity index (χ1) is 8.18. The Morgan fingerprint density at radius 3 is 3.00 bits per heavy atom. The number of hydrogen-bond donors (Lipinski definition) is 2. The first kappa shape index (κ1) is 10.7. The molecular weight excluding hydrogens is 238 g/mol. The van der Waals surface area contributed by atoms with Gasteiger partial charge in [-0.2, -0.15) is 5.10 Å². The molecule has 0 unspecified atom stereocenters. The topological polar surface area (TPSA) is 74.8 Å². The molecule has 2 aromatic rings. The molecule has 5 nitrogen and oxygen atoms in total. The fraction of sp³-hybridized carbons (Fsp3) is 0.364. The molecule has 17 heavy (non-hydrogen) atoms. The number of fused-ring (bicyclic) bond motifs is 1. The van der Waals surface area contributed by atoms with Gasteiger partial charge in [-0.3, -0.25) is 5.10 Å². The Kier molecular flexibility index (Phi) is 2.41. The van der Waals surface area contributed by atoms with Crippen LogP contribution in [0.5, 0.6) is 0 Å². The van der Waals surface area contributed by atoms with Gasteiger partial charge >= 0.3 is 0 Å². The van der Waals surface area contributed by atoms with Crippen LogP contribution in [0.1, 0.15) is 6.42 Å². The molecule has 1 atom stereocenters. The molecule has 0 bridgehead atoms. The highest BCUT2D eigenvalue weighted by Crippen LogP contribution is 2.23. The SMILES string of the molecule is O=S(=O)(c1ccc2[nH]ncc2c1)[C@@H]1CCNC1. The number of aromatic amines is 1. The third-order valence-electron chi connectivity index (χ3n) is 3.19. The van der Waals surface area contributed by atoms with Crippen LogP contribution in [0.4, 0.5) is 0 Å². The summed E-state index contributed by atoms with van der Waals surface area (Å²) in [5.41, 5.74) is 0.855. The summed E-state index contributed by atoms with van der Waals surface area (Å²) < 4.78 is 24.7. The second-order valence-corrected chi connectivity index (χ2v) is 6.51. The zero-order chi connectivity index (χ0) is 11.9. The molecule has 0 aliphatic carbocycles. The number of hydrogen-bond acceptors (Lipinski definition) is 4. The molecule has 1 aliphatic heterocycles. The largest absolute Gasteiger partial charge is 0.315 e. The van der Waals surface area contributed by atoms with Crippen molar-refractivity contribution < 1.29 is 8.42 Å². The molecule has 3 rings (SSSR count). The highest BCUT2D eigenvalue weighted by atomic mass is 32.2. The number of nitrogens with one attached hydrogen (secondary N) is 2. The Hall–Kier alpha value is -1.40. The summed E-state index contributed by atoms with van der Waals surface area (Å²) in [4.78, 5) is 0.389. The molecule has 1 fully saturated rings. The van der Waals surface area contributed by atoms with Crippen molar-refractivity contribution in [3.05, 3.63) is 24.4 Å². The van der Waals surface area contributed by atoms with Crippen molar-refractivity contribution in [1.29, 1.82) is 0 Å². The lowest BCUT2D eigenvalue weighted by Crippen LogP contribution is -2.23. The second-order valence-electron chi connectivity index (χ2n) is 4.28. The van der Waals surface area contributed by atoms with Crippen molar-refractivity contribution in [2.24, 2.45) is 0 Å². The Morgan fingerprint density at radius 2 is 2.24 bits per heavy atom. The first-order valence-corrected chi connectivity index (χ1v) is 7.10. The molecular formula is C11H13N3O2S. The molecule has 1 saturated heterocycles. The van der Waals surface area contributed by atoms with Crippen LogP contribution >= 0.6 is 0 Å². The van der Waals surface area contributed by atoms with Gasteiger partial charge in [0.15, 0.2) is 9.84 Å². The Balaban J connectivity index is 2.07. The van der Waals surface area contributed by atoms with E-state index in [1.165, 1.54) is 0 Å². The highest BCUT2D eigenvalue weighted by molar-refractivity contribution is 7.92.